The van der Waals surface area contributed by atoms with Crippen LogP contribution in [0.5, 0.6) is 0 Å². The van der Waals surface area contributed by atoms with Crippen LogP contribution in [0.1, 0.15) is 6.04 Å². The lowest BCUT2D eigenvalue weighted by Gasteiger charge is -2.15. The number of carboxylic acid groups (broad SMARTS) is 1. The van der Waals surface area contributed by atoms with Gasteiger partial charge in [0.25, 0.3) is 0 Å². The number of fused-ring (bicyclic) bond motifs is 2. The summed E-state index contributed by atoms with van der Waals surface area (Å²) in [6, 6.07) is 10.9. The minimum absolute atomic E-state index is 0.00177. The van der Waals surface area contributed by atoms with Gasteiger partial charge in [-0.1, -0.05) is 24.3 Å². The number of nitrogens with zero attached hydrogens (tertiary/aromatic N) is 1. The van der Waals surface area contributed by atoms with Gasteiger partial charge in [0.05, 0.1) is 18.2 Å². The number of carboxylic acids is 1. The first-order valence-corrected chi connectivity index (χ1v) is 8.25. The van der Waals surface area contributed by atoms with Crippen molar-refractivity contribution in [2.24, 2.45) is 0 Å². The molecule has 0 bridgehead atoms. The highest BCUT2D eigenvalue weighted by Gasteiger charge is 2.23. The van der Waals surface area contributed by atoms with Gasteiger partial charge in [0.15, 0.2) is 6.04 Å². The van der Waals surface area contributed by atoms with Crippen molar-refractivity contribution in [2.75, 3.05) is 19.0 Å². The van der Waals surface area contributed by atoms with E-state index in [0.29, 0.717) is 5.75 Å². The Kier molecular flexibility index (Phi) is 4.56. The molecule has 3 rings (SSSR count). The van der Waals surface area contributed by atoms with Gasteiger partial charge in [-0.05, 0) is 22.9 Å². The van der Waals surface area contributed by atoms with Crippen molar-refractivity contribution in [3.05, 3.63) is 42.6 Å². The van der Waals surface area contributed by atoms with E-state index in [-0.39, 0.29) is 6.61 Å². The van der Waals surface area contributed by atoms with Crippen LogP contribution in [0.2, 0.25) is 0 Å². The molecule has 0 unspecified atom stereocenters. The maximum absolute atomic E-state index is 11.4. The molecule has 1 aromatic heterocycles. The summed E-state index contributed by atoms with van der Waals surface area (Å²) in [5.74, 6) is -0.618. The van der Waals surface area contributed by atoms with Gasteiger partial charge in [-0.25, -0.2) is 4.79 Å². The molecule has 23 heavy (non-hydrogen) atoms. The third-order valence-electron chi connectivity index (χ3n) is 3.78. The van der Waals surface area contributed by atoms with Crippen LogP contribution in [0.15, 0.2) is 47.6 Å². The number of hydrogen-bond acceptors (Lipinski definition) is 4. The molecule has 6 heteroatoms. The maximum Gasteiger partial charge on any atom is 0.329 e. The fourth-order valence-electron chi connectivity index (χ4n) is 2.71. The summed E-state index contributed by atoms with van der Waals surface area (Å²) in [6.07, 6.45) is 1.76. The van der Waals surface area contributed by atoms with E-state index in [1.807, 2.05) is 36.4 Å². The summed E-state index contributed by atoms with van der Waals surface area (Å²) in [6.45, 7) is -0.482. The molecule has 0 saturated carbocycles. The zero-order valence-corrected chi connectivity index (χ0v) is 13.2. The molecule has 120 valence electrons. The lowest BCUT2D eigenvalue weighted by molar-refractivity contribution is -0.142. The molecule has 0 aliphatic carbocycles. The molecular formula is C17H17NO4S. The predicted molar refractivity (Wildman–Crippen MR) is 91.0 cm³/mol. The van der Waals surface area contributed by atoms with Gasteiger partial charge in [0.1, 0.15) is 0 Å². The Bertz CT molecular complexity index is 858. The van der Waals surface area contributed by atoms with Crippen molar-refractivity contribution >= 4 is 39.3 Å². The average Bonchev–Trinajstić information content (AvgIpc) is 2.88. The summed E-state index contributed by atoms with van der Waals surface area (Å²) in [5.41, 5.74) is 0. The first kappa shape index (κ1) is 15.9. The molecule has 0 saturated heterocycles. The number of rotatable bonds is 6. The van der Waals surface area contributed by atoms with E-state index in [0.717, 1.165) is 26.6 Å². The van der Waals surface area contributed by atoms with Crippen LogP contribution < -0.4 is 0 Å². The largest absolute Gasteiger partial charge is 0.480 e. The Morgan fingerprint density at radius 2 is 1.83 bits per heavy atom. The van der Waals surface area contributed by atoms with Gasteiger partial charge in [-0.15, -0.1) is 11.8 Å². The summed E-state index contributed by atoms with van der Waals surface area (Å²) < 4.78 is 1.59. The molecule has 1 atom stereocenters. The highest BCUT2D eigenvalue weighted by molar-refractivity contribution is 7.99. The second kappa shape index (κ2) is 6.62. The summed E-state index contributed by atoms with van der Waals surface area (Å²) in [5, 5.41) is 32.7. The van der Waals surface area contributed by atoms with E-state index in [1.54, 1.807) is 10.8 Å². The van der Waals surface area contributed by atoms with E-state index in [1.165, 1.54) is 11.8 Å². The highest BCUT2D eigenvalue weighted by Crippen LogP contribution is 2.35. The first-order chi connectivity index (χ1) is 11.2. The SMILES string of the molecule is O=C(O)[C@H](CO)n1cc2cc3ccccc3cc2c1SCCO. The summed E-state index contributed by atoms with van der Waals surface area (Å²) in [7, 11) is 0. The van der Waals surface area contributed by atoms with Gasteiger partial charge in [-0.2, -0.15) is 0 Å². The highest BCUT2D eigenvalue weighted by atomic mass is 32.2. The third kappa shape index (κ3) is 2.93. The van der Waals surface area contributed by atoms with E-state index < -0.39 is 18.6 Å². The molecule has 0 aliphatic heterocycles. The first-order valence-electron chi connectivity index (χ1n) is 7.26. The smallest absolute Gasteiger partial charge is 0.329 e. The van der Waals surface area contributed by atoms with Crippen LogP contribution in [0.3, 0.4) is 0 Å². The summed E-state index contributed by atoms with van der Waals surface area (Å²) >= 11 is 1.39. The quantitative estimate of drug-likeness (QED) is 0.605. The van der Waals surface area contributed by atoms with Crippen LogP contribution in [0.4, 0.5) is 0 Å². The fraction of sp³-hybridized carbons (Fsp3) is 0.235. The van der Waals surface area contributed by atoms with Crippen molar-refractivity contribution in [3.63, 3.8) is 0 Å². The van der Waals surface area contributed by atoms with Gasteiger partial charge in [0, 0.05) is 22.7 Å². The Morgan fingerprint density at radius 1 is 1.13 bits per heavy atom. The van der Waals surface area contributed by atoms with Crippen LogP contribution >= 0.6 is 11.8 Å². The van der Waals surface area contributed by atoms with E-state index in [9.17, 15) is 15.0 Å². The topological polar surface area (TPSA) is 82.7 Å². The zero-order chi connectivity index (χ0) is 16.4. The van der Waals surface area contributed by atoms with Gasteiger partial charge in [-0.3, -0.25) is 0 Å². The van der Waals surface area contributed by atoms with Crippen LogP contribution in [0.25, 0.3) is 21.5 Å². The Morgan fingerprint density at radius 3 is 2.43 bits per heavy atom. The Labute approximate surface area is 137 Å². The van der Waals surface area contributed by atoms with Crippen molar-refractivity contribution in [1.82, 2.24) is 4.57 Å². The van der Waals surface area contributed by atoms with E-state index in [4.69, 9.17) is 5.11 Å². The van der Waals surface area contributed by atoms with Crippen molar-refractivity contribution in [2.45, 2.75) is 11.1 Å². The van der Waals surface area contributed by atoms with Crippen LogP contribution in [-0.4, -0.2) is 44.8 Å². The third-order valence-corrected chi connectivity index (χ3v) is 4.88. The van der Waals surface area contributed by atoms with E-state index in [2.05, 4.69) is 0 Å². The Hall–Kier alpha value is -2.02. The average molecular weight is 331 g/mol. The number of aliphatic hydroxyl groups is 2. The molecule has 2 aromatic carbocycles. The predicted octanol–water partition coefficient (Wildman–Crippen LogP) is 2.50. The van der Waals surface area contributed by atoms with E-state index >= 15 is 0 Å². The zero-order valence-electron chi connectivity index (χ0n) is 12.3. The van der Waals surface area contributed by atoms with Gasteiger partial charge < -0.3 is 19.9 Å². The molecule has 3 N–H and O–H groups in total. The minimum atomic E-state index is -1.08. The Balaban J connectivity index is 2.25. The molecule has 0 aliphatic rings. The molecule has 0 amide bonds. The van der Waals surface area contributed by atoms with Crippen molar-refractivity contribution < 1.29 is 20.1 Å². The monoisotopic (exact) mass is 331 g/mol. The normalized spacial score (nSPS) is 12.8. The minimum Gasteiger partial charge on any atom is -0.480 e. The lowest BCUT2D eigenvalue weighted by Crippen LogP contribution is -2.22. The summed E-state index contributed by atoms with van der Waals surface area (Å²) in [4.78, 5) is 11.4. The molecule has 0 spiro atoms. The number of aromatic nitrogens is 1. The number of aliphatic hydroxyl groups excluding tert-OH is 2. The molecule has 0 fully saturated rings. The number of hydrogen-bond donors (Lipinski definition) is 3. The molecule has 3 aromatic rings. The second-order valence-corrected chi connectivity index (χ2v) is 6.32. The number of benzene rings is 2. The van der Waals surface area contributed by atoms with Crippen molar-refractivity contribution in [3.8, 4) is 0 Å². The number of carbonyl (C=O) groups is 1. The van der Waals surface area contributed by atoms with Crippen molar-refractivity contribution in [1.29, 1.82) is 0 Å². The molecular weight excluding hydrogens is 314 g/mol. The van der Waals surface area contributed by atoms with Gasteiger partial charge in [0.2, 0.25) is 0 Å². The van der Waals surface area contributed by atoms with Gasteiger partial charge >= 0.3 is 5.97 Å². The maximum atomic E-state index is 11.4. The van der Waals surface area contributed by atoms with Crippen LogP contribution in [0, 0.1) is 0 Å². The number of aliphatic carboxylic acids is 1. The fourth-order valence-corrected chi connectivity index (χ4v) is 3.65. The van der Waals surface area contributed by atoms with Crippen LogP contribution in [-0.2, 0) is 4.79 Å². The molecule has 0 radical (unpaired) electrons. The molecule has 5 nitrogen and oxygen atoms in total. The standard InChI is InChI=1S/C17H17NO4S/c19-5-6-23-16-14-8-12-4-2-1-3-11(12)7-13(14)9-18(16)15(10-20)17(21)22/h1-4,7-9,15,19-20H,5-6,10H2,(H,21,22)/t15-/m0/s1. The molecule has 1 heterocycles. The second-order valence-electron chi connectivity index (χ2n) is 5.24. The lowest BCUT2D eigenvalue weighted by atomic mass is 10.1. The number of thioether (sulfide) groups is 1.